The van der Waals surface area contributed by atoms with Gasteiger partial charge in [-0.15, -0.1) is 0 Å². The number of carbonyl (C=O) groups is 1. The van der Waals surface area contributed by atoms with Gasteiger partial charge in [0.1, 0.15) is 0 Å². The van der Waals surface area contributed by atoms with Crippen molar-refractivity contribution in [3.8, 4) is 11.5 Å². The molecule has 19 heavy (non-hydrogen) atoms. The van der Waals surface area contributed by atoms with Gasteiger partial charge in [0.15, 0.2) is 17.3 Å². The second-order valence-electron chi connectivity index (χ2n) is 4.96. The van der Waals surface area contributed by atoms with E-state index in [1.807, 2.05) is 0 Å². The van der Waals surface area contributed by atoms with Crippen LogP contribution in [0.3, 0.4) is 0 Å². The molecule has 0 saturated heterocycles. The SMILES string of the molecule is CC(C)CCC(=O)/C=C/c1cc2c(cc1Cl)OCO2. The molecule has 0 fully saturated rings. The summed E-state index contributed by atoms with van der Waals surface area (Å²) in [6, 6.07) is 3.50. The Balaban J connectivity index is 2.04. The van der Waals surface area contributed by atoms with Crippen LogP contribution in [-0.2, 0) is 4.79 Å². The largest absolute Gasteiger partial charge is 0.454 e. The normalized spacial score (nSPS) is 13.5. The van der Waals surface area contributed by atoms with Gasteiger partial charge in [0.25, 0.3) is 0 Å². The van der Waals surface area contributed by atoms with E-state index in [0.717, 1.165) is 12.0 Å². The van der Waals surface area contributed by atoms with Gasteiger partial charge in [-0.05, 0) is 36.1 Å². The van der Waals surface area contributed by atoms with Crippen LogP contribution in [0.25, 0.3) is 6.08 Å². The number of ether oxygens (including phenoxy) is 2. The summed E-state index contributed by atoms with van der Waals surface area (Å²) in [5.74, 6) is 1.96. The zero-order valence-corrected chi connectivity index (χ0v) is 11.9. The van der Waals surface area contributed by atoms with Crippen molar-refractivity contribution in [2.45, 2.75) is 26.7 Å². The zero-order valence-electron chi connectivity index (χ0n) is 11.1. The lowest BCUT2D eigenvalue weighted by Gasteiger charge is -2.02. The van der Waals surface area contributed by atoms with E-state index in [9.17, 15) is 4.79 Å². The van der Waals surface area contributed by atoms with Crippen LogP contribution in [0.2, 0.25) is 5.02 Å². The number of ketones is 1. The average Bonchev–Trinajstić information content (AvgIpc) is 2.80. The van der Waals surface area contributed by atoms with Gasteiger partial charge >= 0.3 is 0 Å². The molecule has 0 atom stereocenters. The van der Waals surface area contributed by atoms with Crippen LogP contribution < -0.4 is 9.47 Å². The molecule has 1 aliphatic rings. The Bertz CT molecular complexity index is 506. The lowest BCUT2D eigenvalue weighted by Crippen LogP contribution is -1.96. The summed E-state index contributed by atoms with van der Waals surface area (Å²) >= 11 is 6.12. The molecule has 0 radical (unpaired) electrons. The molecule has 0 spiro atoms. The third-order valence-electron chi connectivity index (χ3n) is 2.91. The molecular weight excluding hydrogens is 264 g/mol. The number of hydrogen-bond donors (Lipinski definition) is 0. The van der Waals surface area contributed by atoms with E-state index in [1.165, 1.54) is 0 Å². The minimum atomic E-state index is 0.113. The van der Waals surface area contributed by atoms with Crippen molar-refractivity contribution in [1.82, 2.24) is 0 Å². The van der Waals surface area contributed by atoms with Crippen molar-refractivity contribution in [1.29, 1.82) is 0 Å². The lowest BCUT2D eigenvalue weighted by atomic mass is 10.1. The Morgan fingerprint density at radius 2 is 2.05 bits per heavy atom. The van der Waals surface area contributed by atoms with Crippen molar-refractivity contribution in [2.75, 3.05) is 6.79 Å². The maximum Gasteiger partial charge on any atom is 0.231 e. The van der Waals surface area contributed by atoms with E-state index >= 15 is 0 Å². The van der Waals surface area contributed by atoms with E-state index in [2.05, 4.69) is 13.8 Å². The fourth-order valence-corrected chi connectivity index (χ4v) is 1.97. The summed E-state index contributed by atoms with van der Waals surface area (Å²) in [4.78, 5) is 11.7. The van der Waals surface area contributed by atoms with Crippen LogP contribution in [0.4, 0.5) is 0 Å². The first-order valence-corrected chi connectivity index (χ1v) is 6.74. The van der Waals surface area contributed by atoms with Crippen molar-refractivity contribution >= 4 is 23.5 Å². The van der Waals surface area contributed by atoms with Crippen LogP contribution in [0.5, 0.6) is 11.5 Å². The van der Waals surface area contributed by atoms with E-state index < -0.39 is 0 Å². The number of rotatable bonds is 5. The Morgan fingerprint density at radius 1 is 1.37 bits per heavy atom. The summed E-state index contributed by atoms with van der Waals surface area (Å²) < 4.78 is 10.5. The summed E-state index contributed by atoms with van der Waals surface area (Å²) in [6.45, 7) is 4.42. The molecule has 0 N–H and O–H groups in total. The Kier molecular flexibility index (Phi) is 4.48. The highest BCUT2D eigenvalue weighted by Crippen LogP contribution is 2.37. The van der Waals surface area contributed by atoms with Crippen molar-refractivity contribution in [3.63, 3.8) is 0 Å². The van der Waals surface area contributed by atoms with Gasteiger partial charge in [-0.25, -0.2) is 0 Å². The molecule has 0 unspecified atom stereocenters. The van der Waals surface area contributed by atoms with Gasteiger partial charge in [-0.2, -0.15) is 0 Å². The third-order valence-corrected chi connectivity index (χ3v) is 3.24. The Labute approximate surface area is 118 Å². The molecule has 102 valence electrons. The molecule has 3 nitrogen and oxygen atoms in total. The van der Waals surface area contributed by atoms with Gasteiger partial charge in [-0.1, -0.05) is 25.4 Å². The molecule has 0 saturated carbocycles. The average molecular weight is 281 g/mol. The molecule has 0 aliphatic carbocycles. The Morgan fingerprint density at radius 3 is 2.74 bits per heavy atom. The van der Waals surface area contributed by atoms with E-state index in [4.69, 9.17) is 21.1 Å². The lowest BCUT2D eigenvalue weighted by molar-refractivity contribution is -0.114. The summed E-state index contributed by atoms with van der Waals surface area (Å²) in [7, 11) is 0. The highest BCUT2D eigenvalue weighted by molar-refractivity contribution is 6.32. The first kappa shape index (κ1) is 13.9. The van der Waals surface area contributed by atoms with Gasteiger partial charge in [0, 0.05) is 12.5 Å². The quantitative estimate of drug-likeness (QED) is 0.762. The second-order valence-corrected chi connectivity index (χ2v) is 5.37. The maximum atomic E-state index is 11.7. The summed E-state index contributed by atoms with van der Waals surface area (Å²) in [5.41, 5.74) is 0.767. The van der Waals surface area contributed by atoms with Gasteiger partial charge in [0.05, 0.1) is 5.02 Å². The topological polar surface area (TPSA) is 35.5 Å². The molecule has 0 bridgehead atoms. The molecule has 1 aliphatic heterocycles. The number of benzene rings is 1. The molecule has 1 heterocycles. The highest BCUT2D eigenvalue weighted by Gasteiger charge is 2.15. The van der Waals surface area contributed by atoms with Crippen LogP contribution >= 0.6 is 11.6 Å². The predicted octanol–water partition coefficient (Wildman–Crippen LogP) is 4.09. The minimum Gasteiger partial charge on any atom is -0.454 e. The molecule has 2 rings (SSSR count). The van der Waals surface area contributed by atoms with Gasteiger partial charge in [-0.3, -0.25) is 4.79 Å². The van der Waals surface area contributed by atoms with Crippen LogP contribution in [0, 0.1) is 5.92 Å². The summed E-state index contributed by atoms with van der Waals surface area (Å²) in [6.07, 6.45) is 4.77. The van der Waals surface area contributed by atoms with Crippen LogP contribution in [0.15, 0.2) is 18.2 Å². The summed E-state index contributed by atoms with van der Waals surface area (Å²) in [5, 5.41) is 0.553. The van der Waals surface area contributed by atoms with Crippen LogP contribution in [-0.4, -0.2) is 12.6 Å². The minimum absolute atomic E-state index is 0.113. The molecule has 0 aromatic heterocycles. The molecule has 1 aromatic rings. The second kappa shape index (κ2) is 6.11. The molecule has 0 amide bonds. The molecular formula is C15H17ClO3. The third kappa shape index (κ3) is 3.74. The number of halogens is 1. The smallest absolute Gasteiger partial charge is 0.231 e. The monoisotopic (exact) mass is 280 g/mol. The zero-order chi connectivity index (χ0) is 13.8. The first-order valence-electron chi connectivity index (χ1n) is 6.36. The fraction of sp³-hybridized carbons (Fsp3) is 0.400. The highest BCUT2D eigenvalue weighted by atomic mass is 35.5. The van der Waals surface area contributed by atoms with Crippen molar-refractivity contribution in [3.05, 3.63) is 28.8 Å². The number of carbonyl (C=O) groups excluding carboxylic acids is 1. The standard InChI is InChI=1S/C15H17ClO3/c1-10(2)3-5-12(17)6-4-11-7-14-15(8-13(11)16)19-9-18-14/h4,6-8,10H,3,5,9H2,1-2H3/b6-4+. The molecule has 1 aromatic carbocycles. The fourth-order valence-electron chi connectivity index (χ4n) is 1.76. The van der Waals surface area contributed by atoms with E-state index in [0.29, 0.717) is 28.9 Å². The van der Waals surface area contributed by atoms with Crippen molar-refractivity contribution in [2.24, 2.45) is 5.92 Å². The van der Waals surface area contributed by atoms with E-state index in [-0.39, 0.29) is 12.6 Å². The maximum absolute atomic E-state index is 11.7. The number of allylic oxidation sites excluding steroid dienone is 1. The number of hydrogen-bond acceptors (Lipinski definition) is 3. The van der Waals surface area contributed by atoms with Crippen molar-refractivity contribution < 1.29 is 14.3 Å². The predicted molar refractivity (Wildman–Crippen MR) is 75.7 cm³/mol. The van der Waals surface area contributed by atoms with Gasteiger partial charge < -0.3 is 9.47 Å². The number of fused-ring (bicyclic) bond motifs is 1. The van der Waals surface area contributed by atoms with Gasteiger partial charge in [0.2, 0.25) is 6.79 Å². The molecule has 4 heteroatoms. The van der Waals surface area contributed by atoms with Crippen LogP contribution in [0.1, 0.15) is 32.3 Å². The van der Waals surface area contributed by atoms with E-state index in [1.54, 1.807) is 24.3 Å². The first-order chi connectivity index (χ1) is 9.06. The Hall–Kier alpha value is -1.48.